The van der Waals surface area contributed by atoms with Crippen molar-refractivity contribution in [2.75, 3.05) is 55.8 Å². The number of fused-ring (bicyclic) bond motifs is 2. The number of aromatic carboxylic acids is 1. The molecule has 1 amide bonds. The number of anilines is 2. The van der Waals surface area contributed by atoms with E-state index in [2.05, 4.69) is 45.1 Å². The number of nitrogens with one attached hydrogen (secondary N) is 2. The Labute approximate surface area is 385 Å². The summed E-state index contributed by atoms with van der Waals surface area (Å²) in [7, 11) is -3.05. The first kappa shape index (κ1) is 45.6. The van der Waals surface area contributed by atoms with Gasteiger partial charge in [0.05, 0.1) is 48.0 Å². The van der Waals surface area contributed by atoms with Gasteiger partial charge in [-0.2, -0.15) is 5.10 Å². The predicted molar refractivity (Wildman–Crippen MR) is 254 cm³/mol. The molecule has 4 heterocycles. The number of nitrogens with zero attached hydrogens (tertiary/aromatic N) is 5. The van der Waals surface area contributed by atoms with Crippen molar-refractivity contribution >= 4 is 52.0 Å². The van der Waals surface area contributed by atoms with E-state index < -0.39 is 13.6 Å². The van der Waals surface area contributed by atoms with Crippen LogP contribution >= 0.6 is 18.9 Å². The van der Waals surface area contributed by atoms with E-state index in [1.807, 2.05) is 69.3 Å². The molecule has 2 aromatic carbocycles. The number of hydrogen-bond acceptors (Lipinski definition) is 12. The van der Waals surface area contributed by atoms with Crippen molar-refractivity contribution in [3.05, 3.63) is 88.9 Å². The van der Waals surface area contributed by atoms with Gasteiger partial charge in [-0.1, -0.05) is 49.4 Å². The maximum atomic E-state index is 13.7. The molecular weight excluding hydrogens is 862 g/mol. The van der Waals surface area contributed by atoms with Gasteiger partial charge in [0.1, 0.15) is 5.82 Å². The number of pyridine rings is 1. The van der Waals surface area contributed by atoms with Crippen LogP contribution in [0.1, 0.15) is 110 Å². The van der Waals surface area contributed by atoms with Gasteiger partial charge in [-0.25, -0.2) is 14.8 Å². The highest BCUT2D eigenvalue weighted by atomic mass is 32.1. The van der Waals surface area contributed by atoms with Crippen LogP contribution in [0.25, 0.3) is 21.3 Å². The summed E-state index contributed by atoms with van der Waals surface area (Å²) in [5, 5.41) is 22.6. The molecular formula is C49H62N7O7PS. The van der Waals surface area contributed by atoms with E-state index in [0.717, 1.165) is 71.2 Å². The van der Waals surface area contributed by atoms with E-state index in [0.29, 0.717) is 87.1 Å². The summed E-state index contributed by atoms with van der Waals surface area (Å²) in [5.74, 6) is -0.780. The van der Waals surface area contributed by atoms with Crippen LogP contribution in [0.5, 0.6) is 0 Å². The third-order valence-electron chi connectivity index (χ3n) is 14.1. The molecule has 0 radical (unpaired) electrons. The Balaban J connectivity index is 0.880. The highest BCUT2D eigenvalue weighted by molar-refractivity contribution is 7.53. The number of hydrogen-bond donors (Lipinski definition) is 3. The first-order valence-electron chi connectivity index (χ1n) is 23.2. The Morgan fingerprint density at radius 2 is 1.68 bits per heavy atom. The van der Waals surface area contributed by atoms with Crippen LogP contribution in [0.3, 0.4) is 0 Å². The molecule has 65 heavy (non-hydrogen) atoms. The van der Waals surface area contributed by atoms with Crippen molar-refractivity contribution < 1.29 is 33.0 Å². The third-order valence-corrected chi connectivity index (χ3v) is 17.2. The lowest BCUT2D eigenvalue weighted by molar-refractivity contribution is -0.247. The highest BCUT2D eigenvalue weighted by Gasteiger charge is 2.66. The summed E-state index contributed by atoms with van der Waals surface area (Å²) in [6.45, 7) is 15.1. The number of para-hydroxylation sites is 1. The van der Waals surface area contributed by atoms with Crippen LogP contribution in [-0.2, 0) is 37.9 Å². The summed E-state index contributed by atoms with van der Waals surface area (Å²) in [6, 6.07) is 17.3. The average Bonchev–Trinajstić information content (AvgIpc) is 3.82. The van der Waals surface area contributed by atoms with Crippen molar-refractivity contribution in [1.29, 1.82) is 0 Å². The van der Waals surface area contributed by atoms with Crippen LogP contribution in [0.4, 0.5) is 10.9 Å². The zero-order valence-corrected chi connectivity index (χ0v) is 40.0. The zero-order chi connectivity index (χ0) is 45.6. The molecule has 0 saturated heterocycles. The second kappa shape index (κ2) is 18.0. The van der Waals surface area contributed by atoms with E-state index in [-0.39, 0.29) is 33.4 Å². The molecule has 346 valence electrons. The molecule has 5 aromatic rings. The average molecular weight is 924 g/mol. The summed E-state index contributed by atoms with van der Waals surface area (Å²) < 4.78 is 33.8. The minimum atomic E-state index is -3.05. The second-order valence-electron chi connectivity index (χ2n) is 19.7. The lowest BCUT2D eigenvalue weighted by atomic mass is 9.39. The minimum Gasteiger partial charge on any atom is -0.476 e. The number of thiazole rings is 1. The van der Waals surface area contributed by atoms with Crippen molar-refractivity contribution in [2.45, 2.75) is 105 Å². The molecule has 5 aliphatic rings. The molecule has 2 unspecified atom stereocenters. The van der Waals surface area contributed by atoms with Gasteiger partial charge in [0.2, 0.25) is 0 Å². The molecule has 1 aliphatic heterocycles. The molecule has 14 nitrogen and oxygen atoms in total. The minimum absolute atomic E-state index is 0.00806. The lowest BCUT2D eigenvalue weighted by Gasteiger charge is -2.69. The van der Waals surface area contributed by atoms with Gasteiger partial charge in [0, 0.05) is 48.6 Å². The number of amides is 1. The number of benzene rings is 2. The maximum absolute atomic E-state index is 13.7. The van der Waals surface area contributed by atoms with E-state index in [4.69, 9.17) is 23.9 Å². The quantitative estimate of drug-likeness (QED) is 0.0530. The SMILES string of the molecule is CCOP(=O)(CCCNCCOC12CC3(C)CC(C)(CC(Cn4ncc(-c5ccc(N6CCc7cccc(C(=O)Nc8nc9ccccc9s8)c7C6)nc5C(=O)O)c4C)(C3)C1)C2)OCC. The van der Waals surface area contributed by atoms with Gasteiger partial charge in [-0.15, -0.1) is 0 Å². The molecule has 4 fully saturated rings. The Hall–Kier alpha value is -4.50. The van der Waals surface area contributed by atoms with E-state index in [9.17, 15) is 19.3 Å². The number of rotatable bonds is 19. The Morgan fingerprint density at radius 1 is 0.908 bits per heavy atom. The van der Waals surface area contributed by atoms with Gasteiger partial charge >= 0.3 is 13.6 Å². The molecule has 16 heteroatoms. The number of carboxylic acid groups (broad SMARTS) is 1. The molecule has 3 aromatic heterocycles. The first-order valence-corrected chi connectivity index (χ1v) is 25.7. The zero-order valence-electron chi connectivity index (χ0n) is 38.3. The number of carbonyl (C=O) groups excluding carboxylic acids is 1. The molecule has 2 atom stereocenters. The van der Waals surface area contributed by atoms with Gasteiger partial charge < -0.3 is 29.1 Å². The second-order valence-corrected chi connectivity index (χ2v) is 22.9. The number of aromatic nitrogens is 4. The highest BCUT2D eigenvalue weighted by Crippen LogP contribution is 2.72. The fourth-order valence-electron chi connectivity index (χ4n) is 12.8. The van der Waals surface area contributed by atoms with Crippen molar-refractivity contribution in [3.8, 4) is 11.1 Å². The summed E-state index contributed by atoms with van der Waals surface area (Å²) in [5.41, 5.74) is 5.68. The monoisotopic (exact) mass is 923 g/mol. The summed E-state index contributed by atoms with van der Waals surface area (Å²) in [6.07, 6.45) is 10.0. The van der Waals surface area contributed by atoms with E-state index in [1.165, 1.54) is 17.8 Å². The largest absolute Gasteiger partial charge is 0.476 e. The molecule has 4 aliphatic carbocycles. The molecule has 0 spiro atoms. The van der Waals surface area contributed by atoms with Crippen LogP contribution < -0.4 is 15.5 Å². The first-order chi connectivity index (χ1) is 31.1. The van der Waals surface area contributed by atoms with Crippen LogP contribution in [0, 0.1) is 23.2 Å². The van der Waals surface area contributed by atoms with Gasteiger partial charge in [0.15, 0.2) is 10.8 Å². The standard InChI is InChI=1S/C49H62N7O7PS/c1-6-62-64(60,63-7-2)23-11-19-50-20-22-61-49-29-46(4)26-47(5,30-49)28-48(27-46,31-49)32-56-33(3)37(24-51-56)35-16-17-41(53-42(35)44(58)59)55-21-18-34-12-10-13-36(38(34)25-55)43(57)54-45-52-39-14-8-9-15-40(39)65-45/h8-10,12-17,24,50H,6-7,11,18-23,25-32H2,1-5H3,(H,58,59)(H,52,54,57). The van der Waals surface area contributed by atoms with Crippen molar-refractivity contribution in [1.82, 2.24) is 25.1 Å². The molecule has 10 rings (SSSR count). The summed E-state index contributed by atoms with van der Waals surface area (Å²) in [4.78, 5) is 38.1. The Bertz CT molecular complexity index is 2590. The van der Waals surface area contributed by atoms with Crippen molar-refractivity contribution in [3.63, 3.8) is 0 Å². The van der Waals surface area contributed by atoms with Gasteiger partial charge in [-0.3, -0.25) is 19.4 Å². The number of carboxylic acids is 1. The fraction of sp³-hybridized carbons (Fsp3) is 0.531. The molecule has 4 saturated carbocycles. The van der Waals surface area contributed by atoms with Crippen LogP contribution in [0.15, 0.2) is 60.8 Å². The van der Waals surface area contributed by atoms with Crippen molar-refractivity contribution in [2.24, 2.45) is 16.2 Å². The fourth-order valence-corrected chi connectivity index (χ4v) is 15.4. The smallest absolute Gasteiger partial charge is 0.355 e. The third kappa shape index (κ3) is 9.42. The maximum Gasteiger partial charge on any atom is 0.355 e. The Morgan fingerprint density at radius 3 is 2.42 bits per heavy atom. The molecule has 4 bridgehead atoms. The lowest BCUT2D eigenvalue weighted by Crippen LogP contribution is -2.64. The van der Waals surface area contributed by atoms with E-state index >= 15 is 0 Å². The van der Waals surface area contributed by atoms with Crippen LogP contribution in [0.2, 0.25) is 0 Å². The van der Waals surface area contributed by atoms with E-state index in [1.54, 1.807) is 6.20 Å². The van der Waals surface area contributed by atoms with Crippen LogP contribution in [-0.4, -0.2) is 87.9 Å². The Kier molecular flexibility index (Phi) is 12.6. The molecule has 3 N–H and O–H groups in total. The van der Waals surface area contributed by atoms with Gasteiger partial charge in [-0.05, 0) is 136 Å². The normalized spacial score (nSPS) is 24.7. The van der Waals surface area contributed by atoms with Gasteiger partial charge in [0.25, 0.3) is 5.91 Å². The predicted octanol–water partition coefficient (Wildman–Crippen LogP) is 9.76. The summed E-state index contributed by atoms with van der Waals surface area (Å²) >= 11 is 1.44. The number of ether oxygens (including phenoxy) is 1. The number of carbonyl (C=O) groups is 2. The topological polar surface area (TPSA) is 170 Å².